The van der Waals surface area contributed by atoms with Crippen LogP contribution in [0.3, 0.4) is 0 Å². The molecule has 0 aromatic heterocycles. The van der Waals surface area contributed by atoms with Gasteiger partial charge in [0.05, 0.1) is 12.8 Å². The van der Waals surface area contributed by atoms with Crippen molar-refractivity contribution in [1.82, 2.24) is 0 Å². The Hall–Kier alpha value is -1.52. The van der Waals surface area contributed by atoms with Gasteiger partial charge in [-0.05, 0) is 25.5 Å². The standard InChI is InChI=1S/C14H15Cl2NO3/c1-9(18)10(7-8-13(15)16)14(19)17-11-5-3-4-6-12(11)20-2/h3-6,8,10H,7H2,1-2H3,(H,17,19)/t10-/m0/s1. The SMILES string of the molecule is COc1ccccc1NC(=O)[C@@H](CC=C(Cl)Cl)C(C)=O. The molecule has 1 aromatic rings. The zero-order chi connectivity index (χ0) is 15.1. The van der Waals surface area contributed by atoms with Crippen molar-refractivity contribution in [3.05, 3.63) is 34.8 Å². The quantitative estimate of drug-likeness (QED) is 0.817. The Morgan fingerprint density at radius 2 is 2.00 bits per heavy atom. The van der Waals surface area contributed by atoms with E-state index in [4.69, 9.17) is 27.9 Å². The second-order valence-electron chi connectivity index (χ2n) is 4.08. The fraction of sp³-hybridized carbons (Fsp3) is 0.286. The summed E-state index contributed by atoms with van der Waals surface area (Å²) < 4.78 is 5.16. The first-order chi connectivity index (χ1) is 9.45. The van der Waals surface area contributed by atoms with Crippen LogP contribution >= 0.6 is 23.2 Å². The number of methoxy groups -OCH3 is 1. The minimum absolute atomic E-state index is 0.0290. The van der Waals surface area contributed by atoms with Gasteiger partial charge in [0.15, 0.2) is 0 Å². The molecule has 0 spiro atoms. The number of Topliss-reactive ketones (excluding diaryl/α,β-unsaturated/α-hetero) is 1. The van der Waals surface area contributed by atoms with Gasteiger partial charge in [-0.15, -0.1) is 0 Å². The summed E-state index contributed by atoms with van der Waals surface area (Å²) >= 11 is 11.0. The van der Waals surface area contributed by atoms with Crippen molar-refractivity contribution in [3.63, 3.8) is 0 Å². The van der Waals surface area contributed by atoms with E-state index in [0.717, 1.165) is 0 Å². The maximum Gasteiger partial charge on any atom is 0.235 e. The molecule has 4 nitrogen and oxygen atoms in total. The van der Waals surface area contributed by atoms with Crippen molar-refractivity contribution in [1.29, 1.82) is 0 Å². The molecule has 1 N–H and O–H groups in total. The first-order valence-electron chi connectivity index (χ1n) is 5.91. The second-order valence-corrected chi connectivity index (χ2v) is 5.09. The fourth-order valence-electron chi connectivity index (χ4n) is 1.63. The van der Waals surface area contributed by atoms with Crippen LogP contribution in [0, 0.1) is 5.92 Å². The van der Waals surface area contributed by atoms with Crippen LogP contribution in [0.1, 0.15) is 13.3 Å². The third kappa shape index (κ3) is 4.87. The Balaban J connectivity index is 2.86. The van der Waals surface area contributed by atoms with E-state index in [1.807, 2.05) is 0 Å². The van der Waals surface area contributed by atoms with E-state index in [1.165, 1.54) is 20.1 Å². The number of rotatable bonds is 6. The van der Waals surface area contributed by atoms with Crippen molar-refractivity contribution in [2.75, 3.05) is 12.4 Å². The number of ether oxygens (including phenoxy) is 1. The third-order valence-corrected chi connectivity index (χ3v) is 2.99. The number of carbonyl (C=O) groups is 2. The first kappa shape index (κ1) is 16.5. The summed E-state index contributed by atoms with van der Waals surface area (Å²) in [5.74, 6) is -1.00. The molecule has 1 rings (SSSR count). The molecule has 0 aliphatic rings. The van der Waals surface area contributed by atoms with Gasteiger partial charge in [-0.2, -0.15) is 0 Å². The van der Waals surface area contributed by atoms with Crippen LogP contribution in [0.2, 0.25) is 0 Å². The van der Waals surface area contributed by atoms with Crippen molar-refractivity contribution >= 4 is 40.6 Å². The van der Waals surface area contributed by atoms with Crippen molar-refractivity contribution in [2.24, 2.45) is 5.92 Å². The van der Waals surface area contributed by atoms with Crippen LogP contribution in [0.5, 0.6) is 5.75 Å². The van der Waals surface area contributed by atoms with Crippen molar-refractivity contribution < 1.29 is 14.3 Å². The van der Waals surface area contributed by atoms with Gasteiger partial charge in [0.25, 0.3) is 0 Å². The molecule has 0 aliphatic carbocycles. The molecule has 0 heterocycles. The Morgan fingerprint density at radius 1 is 1.35 bits per heavy atom. The lowest BCUT2D eigenvalue weighted by Crippen LogP contribution is -2.28. The Morgan fingerprint density at radius 3 is 2.55 bits per heavy atom. The van der Waals surface area contributed by atoms with Crippen LogP contribution in [-0.2, 0) is 9.59 Å². The average molecular weight is 316 g/mol. The molecule has 0 saturated heterocycles. The molecule has 6 heteroatoms. The summed E-state index contributed by atoms with van der Waals surface area (Å²) in [4.78, 5) is 23.7. The number of benzene rings is 1. The van der Waals surface area contributed by atoms with Crippen LogP contribution in [-0.4, -0.2) is 18.8 Å². The molecule has 1 atom stereocenters. The van der Waals surface area contributed by atoms with E-state index in [-0.39, 0.29) is 16.7 Å². The Kier molecular flexibility index (Phi) is 6.55. The molecule has 0 unspecified atom stereocenters. The van der Waals surface area contributed by atoms with Crippen LogP contribution in [0.25, 0.3) is 0 Å². The maximum atomic E-state index is 12.1. The highest BCUT2D eigenvalue weighted by molar-refractivity contribution is 6.55. The third-order valence-electron chi connectivity index (χ3n) is 2.68. The maximum absolute atomic E-state index is 12.1. The number of allylic oxidation sites excluding steroid dienone is 1. The predicted molar refractivity (Wildman–Crippen MR) is 80.2 cm³/mol. The first-order valence-corrected chi connectivity index (χ1v) is 6.66. The minimum Gasteiger partial charge on any atom is -0.495 e. The number of amides is 1. The van der Waals surface area contributed by atoms with Gasteiger partial charge >= 0.3 is 0 Å². The van der Waals surface area contributed by atoms with Gasteiger partial charge in [-0.1, -0.05) is 41.4 Å². The van der Waals surface area contributed by atoms with Gasteiger partial charge in [-0.3, -0.25) is 9.59 Å². The van der Waals surface area contributed by atoms with Crippen LogP contribution in [0.15, 0.2) is 34.8 Å². The lowest BCUT2D eigenvalue weighted by molar-refractivity contribution is -0.129. The number of anilines is 1. The monoisotopic (exact) mass is 315 g/mol. The molecular weight excluding hydrogens is 301 g/mol. The molecular formula is C14H15Cl2NO3. The van der Waals surface area contributed by atoms with E-state index >= 15 is 0 Å². The summed E-state index contributed by atoms with van der Waals surface area (Å²) in [7, 11) is 1.50. The summed E-state index contributed by atoms with van der Waals surface area (Å²) in [6, 6.07) is 6.95. The Bertz CT molecular complexity index is 525. The molecule has 1 aromatic carbocycles. The highest BCUT2D eigenvalue weighted by Gasteiger charge is 2.23. The summed E-state index contributed by atoms with van der Waals surface area (Å²) in [6.07, 6.45) is 1.58. The van der Waals surface area contributed by atoms with Gasteiger partial charge in [0, 0.05) is 0 Å². The van der Waals surface area contributed by atoms with E-state index in [0.29, 0.717) is 11.4 Å². The smallest absolute Gasteiger partial charge is 0.235 e. The Labute approximate surface area is 127 Å². The van der Waals surface area contributed by atoms with E-state index in [9.17, 15) is 9.59 Å². The normalized spacial score (nSPS) is 11.4. The zero-order valence-corrected chi connectivity index (χ0v) is 12.7. The van der Waals surface area contributed by atoms with E-state index in [2.05, 4.69) is 5.32 Å². The summed E-state index contributed by atoms with van der Waals surface area (Å²) in [6.45, 7) is 1.35. The number of para-hydroxylation sites is 2. The number of hydrogen-bond donors (Lipinski definition) is 1. The van der Waals surface area contributed by atoms with Crippen molar-refractivity contribution in [3.8, 4) is 5.75 Å². The number of halogens is 2. The average Bonchev–Trinajstić information content (AvgIpc) is 2.38. The molecule has 0 bridgehead atoms. The molecule has 0 aliphatic heterocycles. The topological polar surface area (TPSA) is 55.4 Å². The minimum atomic E-state index is -0.840. The molecule has 1 amide bonds. The molecule has 0 fully saturated rings. The van der Waals surface area contributed by atoms with Gasteiger partial charge in [0.1, 0.15) is 21.9 Å². The summed E-state index contributed by atoms with van der Waals surface area (Å²) in [5, 5.41) is 2.67. The highest BCUT2D eigenvalue weighted by atomic mass is 35.5. The van der Waals surface area contributed by atoms with Crippen molar-refractivity contribution in [2.45, 2.75) is 13.3 Å². The molecule has 0 radical (unpaired) electrons. The van der Waals surface area contributed by atoms with Gasteiger partial charge in [0.2, 0.25) is 5.91 Å². The fourth-order valence-corrected chi connectivity index (χ4v) is 1.81. The number of ketones is 1. The van der Waals surface area contributed by atoms with Crippen LogP contribution in [0.4, 0.5) is 5.69 Å². The van der Waals surface area contributed by atoms with Crippen LogP contribution < -0.4 is 10.1 Å². The second kappa shape index (κ2) is 7.92. The highest BCUT2D eigenvalue weighted by Crippen LogP contribution is 2.24. The predicted octanol–water partition coefficient (Wildman–Crippen LogP) is 3.55. The van der Waals surface area contributed by atoms with E-state index < -0.39 is 11.8 Å². The summed E-state index contributed by atoms with van der Waals surface area (Å²) in [5.41, 5.74) is 0.507. The molecule has 20 heavy (non-hydrogen) atoms. The van der Waals surface area contributed by atoms with Gasteiger partial charge < -0.3 is 10.1 Å². The van der Waals surface area contributed by atoms with Gasteiger partial charge in [-0.25, -0.2) is 0 Å². The molecule has 0 saturated carbocycles. The number of hydrogen-bond acceptors (Lipinski definition) is 3. The molecule has 108 valence electrons. The largest absolute Gasteiger partial charge is 0.495 e. The zero-order valence-electron chi connectivity index (χ0n) is 11.2. The number of nitrogens with one attached hydrogen (secondary N) is 1. The lowest BCUT2D eigenvalue weighted by atomic mass is 10.00. The van der Waals surface area contributed by atoms with E-state index in [1.54, 1.807) is 24.3 Å². The lowest BCUT2D eigenvalue weighted by Gasteiger charge is -2.14. The number of carbonyl (C=O) groups excluding carboxylic acids is 2.